The van der Waals surface area contributed by atoms with Gasteiger partial charge in [-0.05, 0) is 17.7 Å². The lowest BCUT2D eigenvalue weighted by molar-refractivity contribution is -0.115. The zero-order valence-electron chi connectivity index (χ0n) is 10.8. The molecule has 1 aromatic heterocycles. The third kappa shape index (κ3) is 3.43. The predicted octanol–water partition coefficient (Wildman–Crippen LogP) is 2.00. The molecular weight excluding hydrogens is 340 g/mol. The Kier molecular flexibility index (Phi) is 4.51. The van der Waals surface area contributed by atoms with Crippen LogP contribution in [0.2, 0.25) is 0 Å². The van der Waals surface area contributed by atoms with E-state index < -0.39 is 0 Å². The van der Waals surface area contributed by atoms with E-state index in [2.05, 4.69) is 26.3 Å². The summed E-state index contributed by atoms with van der Waals surface area (Å²) in [6.07, 6.45) is 1.81. The Bertz CT molecular complexity index is 651. The van der Waals surface area contributed by atoms with Crippen LogP contribution in [0, 0.1) is 0 Å². The molecule has 0 spiro atoms. The minimum Gasteiger partial charge on any atom is -0.389 e. The van der Waals surface area contributed by atoms with Crippen LogP contribution in [-0.4, -0.2) is 20.7 Å². The maximum absolute atomic E-state index is 12.0. The molecule has 0 radical (unpaired) electrons. The van der Waals surface area contributed by atoms with E-state index in [-0.39, 0.29) is 17.3 Å². The average Bonchev–Trinajstić information content (AvgIpc) is 2.74. The zero-order valence-corrected chi connectivity index (χ0v) is 13.2. The minimum absolute atomic E-state index is 0.145. The fraction of sp³-hybridized carbons (Fsp3) is 0.154. The van der Waals surface area contributed by atoms with Gasteiger partial charge in [0, 0.05) is 11.5 Å². The number of nitrogens with one attached hydrogen (secondary N) is 1. The third-order valence-corrected chi connectivity index (χ3v) is 3.49. The molecule has 2 aromatic rings. The molecular formula is C13H13BrN4OS. The molecule has 0 saturated carbocycles. The van der Waals surface area contributed by atoms with Crippen LogP contribution < -0.4 is 11.1 Å². The third-order valence-electron chi connectivity index (χ3n) is 2.74. The largest absolute Gasteiger partial charge is 0.389 e. The predicted molar refractivity (Wildman–Crippen MR) is 85.6 cm³/mol. The number of hydrogen-bond acceptors (Lipinski definition) is 3. The number of nitrogens with zero attached hydrogens (tertiary/aromatic N) is 2. The molecule has 0 aliphatic heterocycles. The second-order valence-electron chi connectivity index (χ2n) is 4.25. The summed E-state index contributed by atoms with van der Waals surface area (Å²) in [4.78, 5) is 12.2. The van der Waals surface area contributed by atoms with Gasteiger partial charge in [0.1, 0.15) is 10.8 Å². The molecule has 104 valence electrons. The van der Waals surface area contributed by atoms with Crippen molar-refractivity contribution < 1.29 is 4.79 Å². The molecule has 1 heterocycles. The Balaban J connectivity index is 2.10. The van der Waals surface area contributed by atoms with E-state index in [0.29, 0.717) is 11.4 Å². The van der Waals surface area contributed by atoms with Crippen molar-refractivity contribution in [3.63, 3.8) is 0 Å². The van der Waals surface area contributed by atoms with E-state index in [1.165, 1.54) is 10.9 Å². The summed E-state index contributed by atoms with van der Waals surface area (Å²) in [6.45, 7) is 0. The topological polar surface area (TPSA) is 72.9 Å². The number of anilines is 1. The highest BCUT2D eigenvalue weighted by Crippen LogP contribution is 2.15. The summed E-state index contributed by atoms with van der Waals surface area (Å²) in [5.74, 6) is 0.369. The molecule has 0 unspecified atom stereocenters. The van der Waals surface area contributed by atoms with Crippen LogP contribution in [0.3, 0.4) is 0 Å². The Morgan fingerprint density at radius 2 is 2.10 bits per heavy atom. The molecule has 1 amide bonds. The number of carbonyl (C=O) groups is 1. The number of rotatable bonds is 4. The lowest BCUT2D eigenvalue weighted by Crippen LogP contribution is -2.20. The van der Waals surface area contributed by atoms with Crippen molar-refractivity contribution in [3.05, 3.63) is 46.1 Å². The molecule has 0 atom stereocenters. The van der Waals surface area contributed by atoms with E-state index in [1.54, 1.807) is 7.05 Å². The van der Waals surface area contributed by atoms with Crippen molar-refractivity contribution in [1.29, 1.82) is 0 Å². The highest BCUT2D eigenvalue weighted by Gasteiger charge is 2.14. The van der Waals surface area contributed by atoms with Gasteiger partial charge in [0.05, 0.1) is 18.2 Å². The van der Waals surface area contributed by atoms with Crippen LogP contribution >= 0.6 is 28.1 Å². The molecule has 0 fully saturated rings. The van der Waals surface area contributed by atoms with E-state index in [0.717, 1.165) is 10.0 Å². The van der Waals surface area contributed by atoms with E-state index in [4.69, 9.17) is 18.0 Å². The number of halogens is 1. The first-order valence-corrected chi connectivity index (χ1v) is 7.03. The van der Waals surface area contributed by atoms with Gasteiger partial charge in [-0.2, -0.15) is 5.10 Å². The summed E-state index contributed by atoms with van der Waals surface area (Å²) in [6, 6.07) is 7.57. The summed E-state index contributed by atoms with van der Waals surface area (Å²) >= 11 is 8.28. The Morgan fingerprint density at radius 1 is 1.45 bits per heavy atom. The average molecular weight is 353 g/mol. The minimum atomic E-state index is -0.145. The molecule has 0 aliphatic carbocycles. The molecule has 5 nitrogen and oxygen atoms in total. The van der Waals surface area contributed by atoms with Gasteiger partial charge in [0.25, 0.3) is 0 Å². The number of amides is 1. The van der Waals surface area contributed by atoms with Gasteiger partial charge in [-0.3, -0.25) is 9.48 Å². The van der Waals surface area contributed by atoms with Crippen LogP contribution in [0.1, 0.15) is 11.1 Å². The van der Waals surface area contributed by atoms with Gasteiger partial charge < -0.3 is 11.1 Å². The van der Waals surface area contributed by atoms with Crippen LogP contribution in [-0.2, 0) is 18.3 Å². The monoisotopic (exact) mass is 352 g/mol. The normalized spacial score (nSPS) is 10.3. The van der Waals surface area contributed by atoms with Crippen LogP contribution in [0.5, 0.6) is 0 Å². The highest BCUT2D eigenvalue weighted by molar-refractivity contribution is 9.10. The quantitative estimate of drug-likeness (QED) is 0.825. The molecule has 20 heavy (non-hydrogen) atoms. The fourth-order valence-corrected chi connectivity index (χ4v) is 2.14. The van der Waals surface area contributed by atoms with Crippen LogP contribution in [0.25, 0.3) is 0 Å². The van der Waals surface area contributed by atoms with Crippen LogP contribution in [0.15, 0.2) is 34.9 Å². The SMILES string of the molecule is Cn1ncc(C(N)=S)c1NC(=O)Cc1ccc(Br)cc1. The van der Waals surface area contributed by atoms with Gasteiger partial charge >= 0.3 is 0 Å². The Morgan fingerprint density at radius 3 is 2.70 bits per heavy atom. The lowest BCUT2D eigenvalue weighted by atomic mass is 10.1. The van der Waals surface area contributed by atoms with E-state index in [9.17, 15) is 4.79 Å². The fourth-order valence-electron chi connectivity index (χ4n) is 1.73. The number of nitrogens with two attached hydrogens (primary N) is 1. The lowest BCUT2D eigenvalue weighted by Gasteiger charge is -2.08. The molecule has 3 N–H and O–H groups in total. The zero-order chi connectivity index (χ0) is 14.7. The van der Waals surface area contributed by atoms with Crippen LogP contribution in [0.4, 0.5) is 5.82 Å². The molecule has 0 saturated heterocycles. The van der Waals surface area contributed by atoms with Crippen molar-refractivity contribution in [2.45, 2.75) is 6.42 Å². The molecule has 2 rings (SSSR count). The van der Waals surface area contributed by atoms with Gasteiger partial charge in [0.15, 0.2) is 0 Å². The smallest absolute Gasteiger partial charge is 0.229 e. The van der Waals surface area contributed by atoms with Crippen molar-refractivity contribution in [2.75, 3.05) is 5.32 Å². The molecule has 7 heteroatoms. The van der Waals surface area contributed by atoms with Crippen molar-refractivity contribution >= 4 is 44.9 Å². The van der Waals surface area contributed by atoms with Crippen molar-refractivity contribution in [2.24, 2.45) is 12.8 Å². The molecule has 0 aliphatic rings. The van der Waals surface area contributed by atoms with Gasteiger partial charge in [-0.1, -0.05) is 40.3 Å². The summed E-state index contributed by atoms with van der Waals surface area (Å²) in [5.41, 5.74) is 7.08. The number of aryl methyl sites for hydroxylation is 1. The van der Waals surface area contributed by atoms with Gasteiger partial charge in [-0.25, -0.2) is 0 Å². The second kappa shape index (κ2) is 6.15. The maximum atomic E-state index is 12.0. The van der Waals surface area contributed by atoms with Crippen molar-refractivity contribution in [3.8, 4) is 0 Å². The number of benzene rings is 1. The molecule has 1 aromatic carbocycles. The highest BCUT2D eigenvalue weighted by atomic mass is 79.9. The molecule has 0 bridgehead atoms. The first-order chi connectivity index (χ1) is 9.47. The summed E-state index contributed by atoms with van der Waals surface area (Å²) in [5, 5.41) is 6.82. The standard InChI is InChI=1S/C13H13BrN4OS/c1-18-13(10(7-16-18)12(15)20)17-11(19)6-8-2-4-9(14)5-3-8/h2-5,7H,6H2,1H3,(H2,15,20)(H,17,19). The summed E-state index contributed by atoms with van der Waals surface area (Å²) < 4.78 is 2.51. The van der Waals surface area contributed by atoms with Crippen molar-refractivity contribution in [1.82, 2.24) is 9.78 Å². The number of aromatic nitrogens is 2. The summed E-state index contributed by atoms with van der Waals surface area (Å²) in [7, 11) is 1.72. The Labute approximate surface area is 130 Å². The first kappa shape index (κ1) is 14.7. The van der Waals surface area contributed by atoms with E-state index in [1.807, 2.05) is 24.3 Å². The maximum Gasteiger partial charge on any atom is 0.229 e. The number of thiocarbonyl (C=S) groups is 1. The van der Waals surface area contributed by atoms with E-state index >= 15 is 0 Å². The number of hydrogen-bond donors (Lipinski definition) is 2. The second-order valence-corrected chi connectivity index (χ2v) is 5.60. The van der Waals surface area contributed by atoms with Gasteiger partial charge in [0.2, 0.25) is 5.91 Å². The van der Waals surface area contributed by atoms with Gasteiger partial charge in [-0.15, -0.1) is 0 Å². The number of carbonyl (C=O) groups excluding carboxylic acids is 1. The first-order valence-electron chi connectivity index (χ1n) is 5.83. The Hall–Kier alpha value is -1.73.